The number of aliphatic carboxylic acids is 1. The molecule has 0 aliphatic rings. The van der Waals surface area contributed by atoms with Gasteiger partial charge in [-0.25, -0.2) is 4.79 Å². The number of benzene rings is 1. The number of halogens is 1. The van der Waals surface area contributed by atoms with Crippen molar-refractivity contribution in [2.75, 3.05) is 13.7 Å². The predicted molar refractivity (Wildman–Crippen MR) is 85.0 cm³/mol. The van der Waals surface area contributed by atoms with Gasteiger partial charge in [-0.2, -0.15) is 0 Å². The number of hydrogen-bond donors (Lipinski definition) is 2. The summed E-state index contributed by atoms with van der Waals surface area (Å²) in [6.45, 7) is 7.41. The van der Waals surface area contributed by atoms with E-state index < -0.39 is 12.1 Å². The van der Waals surface area contributed by atoms with Crippen LogP contribution in [0.4, 0.5) is 0 Å². The molecule has 0 aliphatic heterocycles. The number of ether oxygens (including phenoxy) is 2. The number of carboxylic acid groups (broad SMARTS) is 1. The average molecular weight is 360 g/mol. The summed E-state index contributed by atoms with van der Waals surface area (Å²) < 4.78 is 11.4. The molecule has 0 amide bonds. The van der Waals surface area contributed by atoms with E-state index in [0.29, 0.717) is 28.4 Å². The minimum atomic E-state index is -1.02. The van der Waals surface area contributed by atoms with Gasteiger partial charge >= 0.3 is 5.97 Å². The van der Waals surface area contributed by atoms with E-state index in [0.717, 1.165) is 12.1 Å². The molecule has 0 radical (unpaired) electrons. The highest BCUT2D eigenvalue weighted by Gasteiger charge is 2.18. The van der Waals surface area contributed by atoms with Gasteiger partial charge in [0.2, 0.25) is 0 Å². The summed E-state index contributed by atoms with van der Waals surface area (Å²) >= 11 is 3.41. The molecule has 0 spiro atoms. The lowest BCUT2D eigenvalue weighted by Gasteiger charge is -2.17. The first-order valence-electron chi connectivity index (χ1n) is 6.81. The molecular formula is C15H22BrNO4. The molecule has 6 heteroatoms. The van der Waals surface area contributed by atoms with Crippen molar-refractivity contribution >= 4 is 21.9 Å². The maximum absolute atomic E-state index is 10.9. The van der Waals surface area contributed by atoms with Crippen molar-refractivity contribution in [1.82, 2.24) is 5.32 Å². The molecule has 0 saturated carbocycles. The Labute approximate surface area is 133 Å². The lowest BCUT2D eigenvalue weighted by atomic mass is 10.1. The molecule has 0 saturated heterocycles. The molecule has 1 rings (SSSR count). The van der Waals surface area contributed by atoms with Crippen LogP contribution in [-0.4, -0.2) is 30.8 Å². The summed E-state index contributed by atoms with van der Waals surface area (Å²) in [5.74, 6) is 0.472. The second-order valence-corrected chi connectivity index (χ2v) is 6.09. The Hall–Kier alpha value is -1.27. The van der Waals surface area contributed by atoms with Crippen LogP contribution in [0.2, 0.25) is 0 Å². The van der Waals surface area contributed by atoms with Gasteiger partial charge in [-0.05, 0) is 53.0 Å². The quantitative estimate of drug-likeness (QED) is 0.746. The minimum Gasteiger partial charge on any atom is -0.493 e. The molecule has 0 fully saturated rings. The molecule has 2 N–H and O–H groups in total. The number of hydrogen-bond acceptors (Lipinski definition) is 4. The van der Waals surface area contributed by atoms with Crippen molar-refractivity contribution < 1.29 is 19.4 Å². The normalized spacial score (nSPS) is 12.3. The fraction of sp³-hybridized carbons (Fsp3) is 0.533. The molecule has 0 heterocycles. The summed E-state index contributed by atoms with van der Waals surface area (Å²) in [6.07, 6.45) is -0.944. The highest BCUT2D eigenvalue weighted by molar-refractivity contribution is 9.10. The van der Waals surface area contributed by atoms with E-state index in [9.17, 15) is 4.79 Å². The standard InChI is InChI=1S/C15H22BrNO4/c1-9(2)7-17-8-11-5-12(16)14(13(6-11)20-4)21-10(3)15(18)19/h5-6,9-10,17H,7-8H2,1-4H3,(H,18,19). The monoisotopic (exact) mass is 359 g/mol. The smallest absolute Gasteiger partial charge is 0.344 e. The van der Waals surface area contributed by atoms with Gasteiger partial charge in [0, 0.05) is 6.54 Å². The zero-order valence-corrected chi connectivity index (χ0v) is 14.4. The molecule has 0 bridgehead atoms. The molecule has 1 unspecified atom stereocenters. The molecular weight excluding hydrogens is 338 g/mol. The van der Waals surface area contributed by atoms with Gasteiger partial charge in [0.15, 0.2) is 17.6 Å². The highest BCUT2D eigenvalue weighted by atomic mass is 79.9. The largest absolute Gasteiger partial charge is 0.493 e. The summed E-state index contributed by atoms with van der Waals surface area (Å²) in [7, 11) is 1.53. The predicted octanol–water partition coefficient (Wildman–Crippen LogP) is 3.06. The second kappa shape index (κ2) is 8.24. The molecule has 1 aromatic carbocycles. The van der Waals surface area contributed by atoms with Crippen LogP contribution in [0.3, 0.4) is 0 Å². The summed E-state index contributed by atoms with van der Waals surface area (Å²) in [4.78, 5) is 10.9. The van der Waals surface area contributed by atoms with Crippen LogP contribution in [0.15, 0.2) is 16.6 Å². The number of nitrogens with one attached hydrogen (secondary N) is 1. The molecule has 1 aromatic rings. The fourth-order valence-corrected chi connectivity index (χ4v) is 2.30. The Morgan fingerprint density at radius 3 is 2.57 bits per heavy atom. The Bertz CT molecular complexity index is 491. The van der Waals surface area contributed by atoms with Crippen LogP contribution < -0.4 is 14.8 Å². The van der Waals surface area contributed by atoms with Crippen LogP contribution in [0.25, 0.3) is 0 Å². The maximum Gasteiger partial charge on any atom is 0.344 e. The molecule has 0 aromatic heterocycles. The third-order valence-corrected chi connectivity index (χ3v) is 3.40. The zero-order valence-electron chi connectivity index (χ0n) is 12.8. The Morgan fingerprint density at radius 1 is 1.38 bits per heavy atom. The lowest BCUT2D eigenvalue weighted by molar-refractivity contribution is -0.144. The van der Waals surface area contributed by atoms with Gasteiger partial charge in [0.25, 0.3) is 0 Å². The first-order chi connectivity index (χ1) is 9.85. The number of rotatable bonds is 8. The van der Waals surface area contributed by atoms with Crippen molar-refractivity contribution in [3.05, 3.63) is 22.2 Å². The Kier molecular flexibility index (Phi) is 6.98. The number of carboxylic acids is 1. The van der Waals surface area contributed by atoms with Crippen LogP contribution in [0.5, 0.6) is 11.5 Å². The molecule has 5 nitrogen and oxygen atoms in total. The minimum absolute atomic E-state index is 0.403. The highest BCUT2D eigenvalue weighted by Crippen LogP contribution is 2.37. The van der Waals surface area contributed by atoms with E-state index in [-0.39, 0.29) is 0 Å². The van der Waals surface area contributed by atoms with Crippen molar-refractivity contribution in [1.29, 1.82) is 0 Å². The third-order valence-electron chi connectivity index (χ3n) is 2.81. The molecule has 21 heavy (non-hydrogen) atoms. The van der Waals surface area contributed by atoms with E-state index in [1.54, 1.807) is 0 Å². The van der Waals surface area contributed by atoms with Crippen molar-refractivity contribution in [2.24, 2.45) is 5.92 Å². The fourth-order valence-electron chi connectivity index (χ4n) is 1.72. The first-order valence-corrected chi connectivity index (χ1v) is 7.61. The van der Waals surface area contributed by atoms with Gasteiger partial charge < -0.3 is 19.9 Å². The van der Waals surface area contributed by atoms with Crippen molar-refractivity contribution in [3.8, 4) is 11.5 Å². The molecule has 118 valence electrons. The van der Waals surface area contributed by atoms with Crippen LogP contribution in [0.1, 0.15) is 26.3 Å². The number of methoxy groups -OCH3 is 1. The van der Waals surface area contributed by atoms with E-state index in [4.69, 9.17) is 14.6 Å². The van der Waals surface area contributed by atoms with Crippen molar-refractivity contribution in [3.63, 3.8) is 0 Å². The summed E-state index contributed by atoms with van der Waals surface area (Å²) in [5, 5.41) is 12.3. The van der Waals surface area contributed by atoms with E-state index in [1.807, 2.05) is 12.1 Å². The topological polar surface area (TPSA) is 67.8 Å². The number of carbonyl (C=O) groups is 1. The van der Waals surface area contributed by atoms with Gasteiger partial charge in [-0.3, -0.25) is 0 Å². The second-order valence-electron chi connectivity index (χ2n) is 5.23. The summed E-state index contributed by atoms with van der Waals surface area (Å²) in [6, 6.07) is 3.75. The lowest BCUT2D eigenvalue weighted by Crippen LogP contribution is -2.23. The van der Waals surface area contributed by atoms with Gasteiger partial charge in [-0.1, -0.05) is 13.8 Å². The van der Waals surface area contributed by atoms with E-state index >= 15 is 0 Å². The first kappa shape index (κ1) is 17.8. The zero-order chi connectivity index (χ0) is 16.0. The van der Waals surface area contributed by atoms with Crippen molar-refractivity contribution in [2.45, 2.75) is 33.4 Å². The Morgan fingerprint density at radius 2 is 2.05 bits per heavy atom. The van der Waals surface area contributed by atoms with Crippen LogP contribution >= 0.6 is 15.9 Å². The third kappa shape index (κ3) is 5.55. The van der Waals surface area contributed by atoms with Gasteiger partial charge in [-0.15, -0.1) is 0 Å². The molecule has 0 aliphatic carbocycles. The maximum atomic E-state index is 10.9. The van der Waals surface area contributed by atoms with Gasteiger partial charge in [0.05, 0.1) is 11.6 Å². The van der Waals surface area contributed by atoms with E-state index in [1.165, 1.54) is 14.0 Å². The van der Waals surface area contributed by atoms with E-state index in [2.05, 4.69) is 35.1 Å². The van der Waals surface area contributed by atoms with Crippen LogP contribution in [-0.2, 0) is 11.3 Å². The average Bonchev–Trinajstić information content (AvgIpc) is 2.40. The SMILES string of the molecule is COc1cc(CNCC(C)C)cc(Br)c1OC(C)C(=O)O. The Balaban J connectivity index is 2.89. The summed E-state index contributed by atoms with van der Waals surface area (Å²) in [5.41, 5.74) is 1.04. The van der Waals surface area contributed by atoms with Gasteiger partial charge in [0.1, 0.15) is 0 Å². The van der Waals surface area contributed by atoms with Crippen LogP contribution in [0, 0.1) is 5.92 Å². The molecule has 1 atom stereocenters.